The van der Waals surface area contributed by atoms with Crippen LogP contribution in [0.3, 0.4) is 0 Å². The number of urea groups is 1. The average molecular weight is 582 g/mol. The Balaban J connectivity index is 1.27. The monoisotopic (exact) mass is 581 g/mol. The number of halogens is 1. The molecule has 3 heterocycles. The minimum absolute atomic E-state index is 0.0188. The number of rotatable bonds is 5. The van der Waals surface area contributed by atoms with E-state index in [9.17, 15) is 18.0 Å². The Morgan fingerprint density at radius 2 is 1.56 bits per heavy atom. The molecule has 1 atom stereocenters. The number of carbonyl (C=O) groups is 2. The largest absolute Gasteiger partial charge is 0.352 e. The summed E-state index contributed by atoms with van der Waals surface area (Å²) in [6, 6.07) is 20.5. The van der Waals surface area contributed by atoms with Gasteiger partial charge in [-0.05, 0) is 47.9 Å². The molecule has 4 aromatic rings. The van der Waals surface area contributed by atoms with Gasteiger partial charge in [0.1, 0.15) is 11.9 Å². The van der Waals surface area contributed by atoms with E-state index in [0.717, 1.165) is 20.2 Å². The van der Waals surface area contributed by atoms with E-state index in [2.05, 4.69) is 9.27 Å². The number of para-hydroxylation sites is 1. The number of benzene rings is 3. The molecule has 9 nitrogen and oxygen atoms in total. The molecule has 3 amide bonds. The van der Waals surface area contributed by atoms with E-state index in [0.29, 0.717) is 31.9 Å². The molecule has 0 radical (unpaired) electrons. The van der Waals surface area contributed by atoms with Gasteiger partial charge < -0.3 is 9.80 Å². The summed E-state index contributed by atoms with van der Waals surface area (Å²) < 4.78 is 33.4. The van der Waals surface area contributed by atoms with Gasteiger partial charge in [0.05, 0.1) is 26.9 Å². The average Bonchev–Trinajstić information content (AvgIpc) is 3.55. The number of hydrogen-bond acceptors (Lipinski definition) is 7. The fourth-order valence-electron chi connectivity index (χ4n) is 5.05. The number of amides is 3. The number of sulfonamides is 1. The van der Waals surface area contributed by atoms with Crippen molar-refractivity contribution in [3.63, 3.8) is 0 Å². The maximum Gasteiger partial charge on any atom is 0.339 e. The van der Waals surface area contributed by atoms with Gasteiger partial charge in [-0.3, -0.25) is 9.69 Å². The Labute approximate surface area is 235 Å². The zero-order chi connectivity index (χ0) is 27.1. The molecule has 0 saturated carbocycles. The Kier molecular flexibility index (Phi) is 6.66. The molecule has 0 bridgehead atoms. The summed E-state index contributed by atoms with van der Waals surface area (Å²) in [6.45, 7) is 1.65. The highest BCUT2D eigenvalue weighted by Crippen LogP contribution is 2.35. The number of fused-ring (bicyclic) bond motifs is 1. The predicted octanol–water partition coefficient (Wildman–Crippen LogP) is 4.30. The van der Waals surface area contributed by atoms with E-state index < -0.39 is 22.1 Å². The van der Waals surface area contributed by atoms with Crippen LogP contribution in [0.1, 0.15) is 0 Å². The Bertz CT molecular complexity index is 1650. The molecule has 39 heavy (non-hydrogen) atoms. The predicted molar refractivity (Wildman–Crippen MR) is 152 cm³/mol. The fourth-order valence-corrected chi connectivity index (χ4v) is 7.46. The smallest absolute Gasteiger partial charge is 0.339 e. The van der Waals surface area contributed by atoms with Crippen LogP contribution in [0.25, 0.3) is 10.1 Å². The van der Waals surface area contributed by atoms with Crippen LogP contribution < -0.4 is 9.80 Å². The molecule has 1 aromatic heterocycles. The first-order valence-electron chi connectivity index (χ1n) is 12.4. The molecule has 0 unspecified atom stereocenters. The van der Waals surface area contributed by atoms with E-state index in [1.807, 2.05) is 24.3 Å². The topological polar surface area (TPSA) is 94.1 Å². The van der Waals surface area contributed by atoms with E-state index >= 15 is 0 Å². The molecule has 200 valence electrons. The van der Waals surface area contributed by atoms with Crippen LogP contribution >= 0.6 is 23.1 Å². The first-order chi connectivity index (χ1) is 18.9. The molecule has 2 saturated heterocycles. The summed E-state index contributed by atoms with van der Waals surface area (Å²) in [5.74, 6) is 0.577. The van der Waals surface area contributed by atoms with Gasteiger partial charge in [0.15, 0.2) is 0 Å². The van der Waals surface area contributed by atoms with E-state index in [4.69, 9.17) is 11.6 Å². The van der Waals surface area contributed by atoms with Crippen molar-refractivity contribution in [2.45, 2.75) is 10.9 Å². The minimum atomic E-state index is -4.19. The van der Waals surface area contributed by atoms with Crippen LogP contribution in [0, 0.1) is 0 Å². The highest BCUT2D eigenvalue weighted by molar-refractivity contribution is 7.89. The molecule has 0 aliphatic carbocycles. The third-order valence-electron chi connectivity index (χ3n) is 7.05. The van der Waals surface area contributed by atoms with Crippen molar-refractivity contribution in [1.29, 1.82) is 0 Å². The minimum Gasteiger partial charge on any atom is -0.352 e. The van der Waals surface area contributed by atoms with Gasteiger partial charge in [0.25, 0.3) is 10.0 Å². The van der Waals surface area contributed by atoms with Crippen LogP contribution in [-0.4, -0.2) is 72.7 Å². The van der Waals surface area contributed by atoms with Crippen LogP contribution in [0.4, 0.5) is 16.3 Å². The molecule has 0 N–H and O–H groups in total. The quantitative estimate of drug-likeness (QED) is 0.349. The molecule has 2 aliphatic heterocycles. The SMILES string of the molecule is O=C([C@@H]1CN(S(=O)(=O)c2ccccc2)C(=O)N1c1ccccc1Cl)N1CCN(c2nsc3ccccc23)CC1. The summed E-state index contributed by atoms with van der Waals surface area (Å²) in [6.07, 6.45) is 0. The lowest BCUT2D eigenvalue weighted by atomic mass is 10.1. The second-order valence-electron chi connectivity index (χ2n) is 9.28. The Morgan fingerprint density at radius 3 is 2.31 bits per heavy atom. The third kappa shape index (κ3) is 4.50. The van der Waals surface area contributed by atoms with Gasteiger partial charge in [-0.2, -0.15) is 4.37 Å². The number of hydrogen-bond donors (Lipinski definition) is 0. The van der Waals surface area contributed by atoms with Crippen molar-refractivity contribution in [3.05, 3.63) is 83.9 Å². The van der Waals surface area contributed by atoms with E-state index in [1.165, 1.54) is 28.6 Å². The van der Waals surface area contributed by atoms with Gasteiger partial charge in [0, 0.05) is 31.6 Å². The van der Waals surface area contributed by atoms with Crippen molar-refractivity contribution < 1.29 is 18.0 Å². The molecular weight excluding hydrogens is 558 g/mol. The van der Waals surface area contributed by atoms with Gasteiger partial charge in [-0.25, -0.2) is 17.5 Å². The van der Waals surface area contributed by atoms with Crippen molar-refractivity contribution >= 4 is 66.7 Å². The van der Waals surface area contributed by atoms with Gasteiger partial charge in [-0.15, -0.1) is 0 Å². The van der Waals surface area contributed by atoms with Crippen LogP contribution in [0.2, 0.25) is 5.02 Å². The van der Waals surface area contributed by atoms with Gasteiger partial charge >= 0.3 is 6.03 Å². The second-order valence-corrected chi connectivity index (χ2v) is 12.4. The number of piperazine rings is 1. The molecule has 0 spiro atoms. The lowest BCUT2D eigenvalue weighted by molar-refractivity contribution is -0.132. The first-order valence-corrected chi connectivity index (χ1v) is 15.0. The van der Waals surface area contributed by atoms with Crippen LogP contribution in [0.15, 0.2) is 83.8 Å². The zero-order valence-corrected chi connectivity index (χ0v) is 23.1. The van der Waals surface area contributed by atoms with Crippen molar-refractivity contribution in [3.8, 4) is 0 Å². The number of nitrogens with zero attached hydrogens (tertiary/aromatic N) is 5. The molecule has 3 aromatic carbocycles. The highest BCUT2D eigenvalue weighted by atomic mass is 35.5. The molecule has 2 aliphatic rings. The summed E-state index contributed by atoms with van der Waals surface area (Å²) >= 11 is 7.87. The van der Waals surface area contributed by atoms with Crippen LogP contribution in [-0.2, 0) is 14.8 Å². The van der Waals surface area contributed by atoms with Gasteiger partial charge in [0.2, 0.25) is 5.91 Å². The fraction of sp³-hybridized carbons (Fsp3) is 0.222. The molecular formula is C27H24ClN5O4S2. The Morgan fingerprint density at radius 1 is 0.897 bits per heavy atom. The summed E-state index contributed by atoms with van der Waals surface area (Å²) in [5.41, 5.74) is 0.292. The van der Waals surface area contributed by atoms with E-state index in [1.54, 1.807) is 47.4 Å². The van der Waals surface area contributed by atoms with Crippen molar-refractivity contribution in [1.82, 2.24) is 13.6 Å². The maximum atomic E-state index is 13.9. The standard InChI is InChI=1S/C27H24ClN5O4S2/c28-21-11-5-6-12-22(21)33-23(18-32(27(33)35)39(36,37)19-8-2-1-3-9-19)26(34)31-16-14-30(15-17-31)25-20-10-4-7-13-24(20)38-29-25/h1-13,23H,14-18H2/t23-/m0/s1. The first kappa shape index (κ1) is 25.6. The Hall–Kier alpha value is -3.67. The third-order valence-corrected chi connectivity index (χ3v) is 9.94. The number of carbonyl (C=O) groups excluding carboxylic acids is 2. The lowest BCUT2D eigenvalue weighted by Gasteiger charge is -2.37. The number of aromatic nitrogens is 1. The summed E-state index contributed by atoms with van der Waals surface area (Å²) in [7, 11) is -4.19. The maximum absolute atomic E-state index is 13.9. The zero-order valence-electron chi connectivity index (χ0n) is 20.7. The molecule has 6 rings (SSSR count). The lowest BCUT2D eigenvalue weighted by Crippen LogP contribution is -2.55. The normalized spacial score (nSPS) is 18.3. The van der Waals surface area contributed by atoms with Gasteiger partial charge in [-0.1, -0.05) is 54.1 Å². The molecule has 2 fully saturated rings. The van der Waals surface area contributed by atoms with Crippen LogP contribution in [0.5, 0.6) is 0 Å². The number of anilines is 2. The second kappa shape index (κ2) is 10.1. The highest BCUT2D eigenvalue weighted by Gasteiger charge is 2.49. The summed E-state index contributed by atoms with van der Waals surface area (Å²) in [5, 5.41) is 1.33. The molecule has 12 heteroatoms. The van der Waals surface area contributed by atoms with Crippen molar-refractivity contribution in [2.24, 2.45) is 0 Å². The van der Waals surface area contributed by atoms with Crippen molar-refractivity contribution in [2.75, 3.05) is 42.5 Å². The summed E-state index contributed by atoms with van der Waals surface area (Å²) in [4.78, 5) is 32.6. The van der Waals surface area contributed by atoms with E-state index in [-0.39, 0.29) is 22.4 Å².